The van der Waals surface area contributed by atoms with E-state index in [4.69, 9.17) is 42.1 Å². The second kappa shape index (κ2) is 33.1. The van der Waals surface area contributed by atoms with Gasteiger partial charge in [-0.25, -0.2) is 0 Å². The van der Waals surface area contributed by atoms with Gasteiger partial charge in [0.05, 0.1) is 61.9 Å². The molecule has 0 fully saturated rings. The molecule has 0 saturated carbocycles. The summed E-state index contributed by atoms with van der Waals surface area (Å²) < 4.78 is 5.26. The number of unbranched alkanes of at least 4 members (excludes halogenated alkanes) is 27. The number of nitrogens with zero attached hydrogens (tertiary/aromatic N) is 8. The first-order valence-electron chi connectivity index (χ1n) is 24.6. The standard InChI is InChI=1S/3C14H31N.8CN.Mo/c3*1-4-5-6-7-8-9-10-11-12-13-14-15(2)3;8*1-2;/h3*4-14H2,1-3H3;;;;;;;;;/q;;;;;;;;;;;-3/p+3. The van der Waals surface area contributed by atoms with Crippen LogP contribution in [-0.2, 0) is 11.1 Å². The zero-order valence-electron chi connectivity index (χ0n) is 41.8. The first-order chi connectivity index (χ1) is 29.5. The van der Waals surface area contributed by atoms with Gasteiger partial charge in [-0.3, -0.25) is 0 Å². The molecule has 0 aromatic rings. The molecule has 0 aromatic carbocycles. The Morgan fingerprint density at radius 1 is 0.242 bits per heavy atom. The van der Waals surface area contributed by atoms with Crippen molar-refractivity contribution >= 4 is 0 Å². The van der Waals surface area contributed by atoms with Gasteiger partial charge in [-0.2, -0.15) is 0 Å². The Labute approximate surface area is 377 Å². The minimum absolute atomic E-state index is 0.658. The fraction of sp³-hybridized carbons (Fsp3) is 0.840. The number of nitriles is 8. The van der Waals surface area contributed by atoms with Crippen molar-refractivity contribution in [3.8, 4) is 35.7 Å². The van der Waals surface area contributed by atoms with Crippen molar-refractivity contribution in [1.29, 1.82) is 42.1 Å². The van der Waals surface area contributed by atoms with E-state index in [1.54, 1.807) is 14.7 Å². The van der Waals surface area contributed by atoms with E-state index in [0.29, 0.717) is 35.7 Å². The van der Waals surface area contributed by atoms with Crippen LogP contribution >= 0.6 is 0 Å². The van der Waals surface area contributed by atoms with Crippen molar-refractivity contribution in [2.75, 3.05) is 61.9 Å². The molecule has 0 aromatic heterocycles. The second-order valence-corrected chi connectivity index (χ2v) is 36.6. The van der Waals surface area contributed by atoms with Crippen LogP contribution in [-0.4, -0.2) is 61.9 Å². The Bertz CT molecular complexity index is 1250. The molecule has 0 atom stereocenters. The molecule has 0 bridgehead atoms. The summed E-state index contributed by atoms with van der Waals surface area (Å²) in [7, 11) is 13.5. The number of nitrogens with one attached hydrogen (secondary N) is 3. The number of hydrogen-bond acceptors (Lipinski definition) is 8. The van der Waals surface area contributed by atoms with Crippen LogP contribution in [0.5, 0.6) is 0 Å². The monoisotopic (exact) mass is 949 g/mol. The summed E-state index contributed by atoms with van der Waals surface area (Å²) in [5.41, 5.74) is 0. The van der Waals surface area contributed by atoms with Gasteiger partial charge < -0.3 is 14.7 Å². The van der Waals surface area contributed by atoms with E-state index in [1.165, 1.54) is 212 Å². The van der Waals surface area contributed by atoms with Gasteiger partial charge >= 0.3 is 88.8 Å². The van der Waals surface area contributed by atoms with Gasteiger partial charge in [-0.05, 0) is 38.5 Å². The Kier molecular flexibility index (Phi) is 34.7. The SMILES string of the molecule is CCCCCCCCCCCC[NH+](C)C.CCCCCCCCCCCC[NH+](C)C.CCCCCCCCCCCC[NH+](C)C.N#[C][Mo-3]([C]#N)([C]#N)([C]#N)([C]#N)([C]#N)([C]#N)[C]#N. The fourth-order valence-corrected chi connectivity index (χ4v) is 9.28. The Morgan fingerprint density at radius 3 is 0.468 bits per heavy atom. The molecule has 0 unspecified atom stereocenters. The maximum atomic E-state index is 9.05. The number of rotatable bonds is 33. The summed E-state index contributed by atoms with van der Waals surface area (Å²) in [6.07, 6.45) is 43.4. The number of quaternary nitrogens is 3. The van der Waals surface area contributed by atoms with Crippen LogP contribution < -0.4 is 14.7 Å². The van der Waals surface area contributed by atoms with Crippen molar-refractivity contribution in [3.63, 3.8) is 0 Å². The zero-order valence-corrected chi connectivity index (χ0v) is 43.8. The van der Waals surface area contributed by atoms with Crippen LogP contribution in [0.15, 0.2) is 0 Å². The normalized spacial score (nSPS) is 12.9. The van der Waals surface area contributed by atoms with E-state index < -0.39 is 11.1 Å². The van der Waals surface area contributed by atoms with Gasteiger partial charge in [-0.1, -0.05) is 175 Å². The maximum absolute atomic E-state index is 9.38. The molecule has 357 valence electrons. The van der Waals surface area contributed by atoms with Gasteiger partial charge in [0.15, 0.2) is 0 Å². The Hall–Kier alpha value is -3.51. The molecule has 3 N–H and O–H groups in total. The summed E-state index contributed by atoms with van der Waals surface area (Å²) in [6, 6.07) is 0. The Balaban J connectivity index is -0.000000362. The first kappa shape index (κ1) is 65.1. The van der Waals surface area contributed by atoms with E-state index in [9.17, 15) is 0 Å². The third kappa shape index (κ3) is 22.2. The van der Waals surface area contributed by atoms with E-state index in [1.807, 2.05) is 0 Å². The molecule has 62 heavy (non-hydrogen) atoms. The predicted molar refractivity (Wildman–Crippen MR) is 253 cm³/mol. The van der Waals surface area contributed by atoms with Crippen LogP contribution in [0.2, 0.25) is 0 Å². The summed E-state index contributed by atoms with van der Waals surface area (Å²) in [5.74, 6) is 0. The van der Waals surface area contributed by atoms with Crippen molar-refractivity contribution in [3.05, 3.63) is 0 Å². The van der Waals surface area contributed by atoms with Crippen LogP contribution in [0.25, 0.3) is 0 Å². The van der Waals surface area contributed by atoms with E-state index in [-0.39, 0.29) is 0 Å². The van der Waals surface area contributed by atoms with Gasteiger partial charge in [0.1, 0.15) is 0 Å². The van der Waals surface area contributed by atoms with Crippen molar-refractivity contribution in [1.82, 2.24) is 0 Å². The predicted octanol–water partition coefficient (Wildman–Crippen LogP) is 9.29. The topological polar surface area (TPSA) is 204 Å². The van der Waals surface area contributed by atoms with Crippen molar-refractivity contribution in [2.24, 2.45) is 0 Å². The molecule has 0 aliphatic heterocycles. The first-order valence-corrected chi connectivity index (χ1v) is 32.6. The molecule has 0 aliphatic carbocycles. The van der Waals surface area contributed by atoms with Crippen LogP contribution in [0.4, 0.5) is 0 Å². The van der Waals surface area contributed by atoms with Gasteiger partial charge in [0.2, 0.25) is 0 Å². The minimum atomic E-state index is -9.38. The van der Waals surface area contributed by atoms with Crippen molar-refractivity contribution in [2.45, 2.75) is 213 Å². The molecule has 11 nitrogen and oxygen atoms in total. The average molecular weight is 947 g/mol. The molecule has 0 aliphatic rings. The average Bonchev–Trinajstić information content (AvgIpc) is 3.29. The quantitative estimate of drug-likeness (QED) is 0.0426. The zero-order chi connectivity index (χ0) is 48.1. The molecule has 0 saturated heterocycles. The molecule has 0 amide bonds. The fourth-order valence-electron chi connectivity index (χ4n) is 6.47. The summed E-state index contributed by atoms with van der Waals surface area (Å²) in [6.45, 7) is 10.9. The second-order valence-electron chi connectivity index (χ2n) is 19.0. The summed E-state index contributed by atoms with van der Waals surface area (Å²) in [4.78, 5) is 4.78. The molecular weight excluding hydrogens is 851 g/mol. The summed E-state index contributed by atoms with van der Waals surface area (Å²) in [5, 5.41) is 72.4. The molecule has 0 radical (unpaired) electrons. The van der Waals surface area contributed by atoms with E-state index >= 15 is 0 Å². The van der Waals surface area contributed by atoms with Crippen LogP contribution in [0.3, 0.4) is 0 Å². The molecule has 12 heteroatoms. The summed E-state index contributed by atoms with van der Waals surface area (Å²) >= 11 is -9.38. The molecular formula is C50H96MoN11. The van der Waals surface area contributed by atoms with Crippen LogP contribution in [0, 0.1) is 77.8 Å². The van der Waals surface area contributed by atoms with Crippen LogP contribution in [0.1, 0.15) is 213 Å². The van der Waals surface area contributed by atoms with Gasteiger partial charge in [0, 0.05) is 0 Å². The van der Waals surface area contributed by atoms with E-state index in [2.05, 4.69) is 63.1 Å². The molecule has 0 rings (SSSR count). The van der Waals surface area contributed by atoms with Gasteiger partial charge in [0.25, 0.3) is 0 Å². The Morgan fingerprint density at radius 2 is 0.371 bits per heavy atom. The van der Waals surface area contributed by atoms with Gasteiger partial charge in [-0.15, -0.1) is 0 Å². The number of hydrogen-bond donors (Lipinski definition) is 3. The third-order valence-corrected chi connectivity index (χ3v) is 24.2. The molecule has 0 heterocycles. The van der Waals surface area contributed by atoms with Crippen molar-refractivity contribution < 1.29 is 25.8 Å². The van der Waals surface area contributed by atoms with E-state index in [0.717, 1.165) is 0 Å². The molecule has 0 spiro atoms. The third-order valence-electron chi connectivity index (χ3n) is 11.6.